The lowest BCUT2D eigenvalue weighted by atomic mass is 10.1. The van der Waals surface area contributed by atoms with Crippen LogP contribution in [-0.2, 0) is 13.1 Å². The first-order chi connectivity index (χ1) is 15.2. The van der Waals surface area contributed by atoms with Crippen LogP contribution in [0.1, 0.15) is 42.4 Å². The number of ether oxygens (including phenoxy) is 1. The Labute approximate surface area is 183 Å². The standard InChI is InChI=1S/C24H30N6O/c1-18-7-10-20(23(13-18)31-22-5-3-4-6-22)15-28-24(25-2)27-14-19-8-11-21(12-9-19)30-17-26-16-29-30/h7-13,16-17,22H,3-6,14-15H2,1-2H3,(H2,25,27,28). The van der Waals surface area contributed by atoms with E-state index in [-0.39, 0.29) is 0 Å². The van der Waals surface area contributed by atoms with Gasteiger partial charge in [0.15, 0.2) is 5.96 Å². The summed E-state index contributed by atoms with van der Waals surface area (Å²) in [6.07, 6.45) is 8.40. The van der Waals surface area contributed by atoms with E-state index >= 15 is 0 Å². The monoisotopic (exact) mass is 418 g/mol. The Kier molecular flexibility index (Phi) is 6.82. The third-order valence-corrected chi connectivity index (χ3v) is 5.57. The molecule has 31 heavy (non-hydrogen) atoms. The molecule has 162 valence electrons. The molecule has 2 aromatic carbocycles. The quantitative estimate of drug-likeness (QED) is 0.451. The van der Waals surface area contributed by atoms with Gasteiger partial charge >= 0.3 is 0 Å². The van der Waals surface area contributed by atoms with E-state index in [1.807, 2.05) is 12.1 Å². The van der Waals surface area contributed by atoms with Gasteiger partial charge in [-0.2, -0.15) is 5.10 Å². The molecule has 3 aromatic rings. The molecular weight excluding hydrogens is 388 g/mol. The summed E-state index contributed by atoms with van der Waals surface area (Å²) >= 11 is 0. The van der Waals surface area contributed by atoms with Gasteiger partial charge in [0.2, 0.25) is 0 Å². The number of nitrogens with one attached hydrogen (secondary N) is 2. The molecule has 7 heteroatoms. The predicted octanol–water partition coefficient (Wildman–Crippen LogP) is 3.76. The number of rotatable bonds is 7. The van der Waals surface area contributed by atoms with E-state index in [1.54, 1.807) is 18.1 Å². The van der Waals surface area contributed by atoms with Crippen LogP contribution < -0.4 is 15.4 Å². The van der Waals surface area contributed by atoms with Gasteiger partial charge in [-0.25, -0.2) is 9.67 Å². The molecule has 2 N–H and O–H groups in total. The minimum atomic E-state index is 0.346. The first kappa shape index (κ1) is 20.9. The maximum atomic E-state index is 6.31. The van der Waals surface area contributed by atoms with E-state index in [0.29, 0.717) is 19.2 Å². The van der Waals surface area contributed by atoms with Gasteiger partial charge in [0.1, 0.15) is 18.4 Å². The Bertz CT molecular complexity index is 991. The topological polar surface area (TPSA) is 76.4 Å². The summed E-state index contributed by atoms with van der Waals surface area (Å²) in [5.41, 5.74) is 4.51. The van der Waals surface area contributed by atoms with E-state index < -0.39 is 0 Å². The van der Waals surface area contributed by atoms with Gasteiger partial charge in [-0.05, 0) is 61.9 Å². The second kappa shape index (κ2) is 10.1. The van der Waals surface area contributed by atoms with Crippen LogP contribution in [0.15, 0.2) is 60.1 Å². The van der Waals surface area contributed by atoms with Crippen LogP contribution in [0.25, 0.3) is 5.69 Å². The van der Waals surface area contributed by atoms with Crippen LogP contribution in [0.5, 0.6) is 5.75 Å². The number of aliphatic imine (C=N–C) groups is 1. The van der Waals surface area contributed by atoms with Gasteiger partial charge in [-0.15, -0.1) is 0 Å². The fourth-order valence-electron chi connectivity index (χ4n) is 3.80. The van der Waals surface area contributed by atoms with Crippen molar-refractivity contribution < 1.29 is 4.74 Å². The van der Waals surface area contributed by atoms with E-state index in [4.69, 9.17) is 4.74 Å². The fourth-order valence-corrected chi connectivity index (χ4v) is 3.80. The smallest absolute Gasteiger partial charge is 0.191 e. The Morgan fingerprint density at radius 2 is 1.87 bits per heavy atom. The molecule has 0 atom stereocenters. The number of benzene rings is 2. The lowest BCUT2D eigenvalue weighted by Crippen LogP contribution is -2.36. The van der Waals surface area contributed by atoms with Crippen molar-refractivity contribution in [2.24, 2.45) is 4.99 Å². The highest BCUT2D eigenvalue weighted by Gasteiger charge is 2.18. The van der Waals surface area contributed by atoms with Crippen LogP contribution in [0.2, 0.25) is 0 Å². The van der Waals surface area contributed by atoms with Crippen molar-refractivity contribution in [3.8, 4) is 11.4 Å². The molecule has 1 aliphatic carbocycles. The van der Waals surface area contributed by atoms with Gasteiger partial charge in [-0.3, -0.25) is 4.99 Å². The van der Waals surface area contributed by atoms with Gasteiger partial charge in [0, 0.05) is 25.7 Å². The number of guanidine groups is 1. The first-order valence-electron chi connectivity index (χ1n) is 10.9. The third kappa shape index (κ3) is 5.63. The predicted molar refractivity (Wildman–Crippen MR) is 122 cm³/mol. The maximum Gasteiger partial charge on any atom is 0.191 e. The van der Waals surface area contributed by atoms with Crippen molar-refractivity contribution in [2.45, 2.75) is 51.8 Å². The van der Waals surface area contributed by atoms with Crippen LogP contribution in [0.4, 0.5) is 0 Å². The summed E-state index contributed by atoms with van der Waals surface area (Å²) < 4.78 is 8.05. The third-order valence-electron chi connectivity index (χ3n) is 5.57. The number of hydrogen-bond acceptors (Lipinski definition) is 4. The summed E-state index contributed by atoms with van der Waals surface area (Å²) in [6, 6.07) is 14.6. The Morgan fingerprint density at radius 3 is 2.58 bits per heavy atom. The molecule has 1 aliphatic rings. The molecule has 0 amide bonds. The Balaban J connectivity index is 1.32. The molecule has 1 heterocycles. The van der Waals surface area contributed by atoms with E-state index in [0.717, 1.165) is 41.4 Å². The molecule has 7 nitrogen and oxygen atoms in total. The minimum Gasteiger partial charge on any atom is -0.490 e. The molecule has 0 bridgehead atoms. The molecule has 0 aliphatic heterocycles. The zero-order chi connectivity index (χ0) is 21.5. The van der Waals surface area contributed by atoms with Gasteiger partial charge < -0.3 is 15.4 Å². The number of hydrogen-bond donors (Lipinski definition) is 2. The second-order valence-electron chi connectivity index (χ2n) is 7.92. The first-order valence-corrected chi connectivity index (χ1v) is 10.9. The number of aryl methyl sites for hydroxylation is 1. The summed E-state index contributed by atoms with van der Waals surface area (Å²) in [7, 11) is 1.79. The molecule has 1 saturated carbocycles. The fraction of sp³-hybridized carbons (Fsp3) is 0.375. The summed E-state index contributed by atoms with van der Waals surface area (Å²) in [5, 5.41) is 10.9. The van der Waals surface area contributed by atoms with Gasteiger partial charge in [0.05, 0.1) is 11.8 Å². The molecule has 0 radical (unpaired) electrons. The van der Waals surface area contributed by atoms with Crippen molar-refractivity contribution in [1.82, 2.24) is 25.4 Å². The highest BCUT2D eigenvalue weighted by Crippen LogP contribution is 2.27. The lowest BCUT2D eigenvalue weighted by Gasteiger charge is -2.18. The SMILES string of the molecule is CN=C(NCc1ccc(-n2cncn2)cc1)NCc1ccc(C)cc1OC1CCCC1. The normalized spacial score (nSPS) is 14.6. The molecule has 4 rings (SSSR count). The van der Waals surface area contributed by atoms with Crippen molar-refractivity contribution in [2.75, 3.05) is 7.05 Å². The van der Waals surface area contributed by atoms with E-state index in [9.17, 15) is 0 Å². The zero-order valence-corrected chi connectivity index (χ0v) is 18.2. The van der Waals surface area contributed by atoms with Gasteiger partial charge in [-0.1, -0.05) is 24.3 Å². The second-order valence-corrected chi connectivity index (χ2v) is 7.92. The number of aromatic nitrogens is 3. The summed E-state index contributed by atoms with van der Waals surface area (Å²) in [5.74, 6) is 1.74. The Hall–Kier alpha value is -3.35. The molecular formula is C24H30N6O. The van der Waals surface area contributed by atoms with Crippen molar-refractivity contribution in [3.63, 3.8) is 0 Å². The highest BCUT2D eigenvalue weighted by atomic mass is 16.5. The van der Waals surface area contributed by atoms with E-state index in [2.05, 4.69) is 63.0 Å². The minimum absolute atomic E-state index is 0.346. The maximum absolute atomic E-state index is 6.31. The van der Waals surface area contributed by atoms with Crippen molar-refractivity contribution in [1.29, 1.82) is 0 Å². The van der Waals surface area contributed by atoms with Crippen molar-refractivity contribution >= 4 is 5.96 Å². The van der Waals surface area contributed by atoms with Crippen LogP contribution >= 0.6 is 0 Å². The molecule has 0 spiro atoms. The van der Waals surface area contributed by atoms with Crippen LogP contribution in [0.3, 0.4) is 0 Å². The molecule has 1 fully saturated rings. The molecule has 1 aromatic heterocycles. The largest absolute Gasteiger partial charge is 0.490 e. The zero-order valence-electron chi connectivity index (χ0n) is 18.2. The van der Waals surface area contributed by atoms with Gasteiger partial charge in [0.25, 0.3) is 0 Å². The summed E-state index contributed by atoms with van der Waals surface area (Å²) in [4.78, 5) is 8.34. The highest BCUT2D eigenvalue weighted by molar-refractivity contribution is 5.79. The van der Waals surface area contributed by atoms with Crippen LogP contribution in [-0.4, -0.2) is 33.9 Å². The lowest BCUT2D eigenvalue weighted by molar-refractivity contribution is 0.207. The molecule has 0 unspecified atom stereocenters. The number of nitrogens with zero attached hydrogens (tertiary/aromatic N) is 4. The average Bonchev–Trinajstić information content (AvgIpc) is 3.50. The summed E-state index contributed by atoms with van der Waals surface area (Å²) in [6.45, 7) is 3.44. The Morgan fingerprint density at radius 1 is 1.10 bits per heavy atom. The average molecular weight is 419 g/mol. The van der Waals surface area contributed by atoms with Crippen LogP contribution in [0, 0.1) is 6.92 Å². The van der Waals surface area contributed by atoms with E-state index in [1.165, 1.54) is 24.7 Å². The molecule has 0 saturated heterocycles. The van der Waals surface area contributed by atoms with Crippen molar-refractivity contribution in [3.05, 3.63) is 71.8 Å².